The van der Waals surface area contributed by atoms with Crippen molar-refractivity contribution in [3.8, 4) is 0 Å². The first-order valence-electron chi connectivity index (χ1n) is 8.19. The topological polar surface area (TPSA) is 27.5 Å². The van der Waals surface area contributed by atoms with Crippen molar-refractivity contribution in [3.05, 3.63) is 5.21 Å². The Kier molecular flexibility index (Phi) is 13.3. The van der Waals surface area contributed by atoms with Gasteiger partial charge in [0.1, 0.15) is 0 Å². The van der Waals surface area contributed by atoms with Gasteiger partial charge in [0.2, 0.25) is 0 Å². The van der Waals surface area contributed by atoms with E-state index in [9.17, 15) is 5.21 Å². The highest BCUT2D eigenvalue weighted by molar-refractivity contribution is 4.51. The monoisotopic (exact) mass is 257 g/mol. The summed E-state index contributed by atoms with van der Waals surface area (Å²) in [5.74, 6) is 0. The number of hydrogen-bond donors (Lipinski definition) is 1. The summed E-state index contributed by atoms with van der Waals surface area (Å²) in [7, 11) is 1.71. The SMILES string of the molecule is CCCCCCCCCCCCCC(C)[NH+](C)[O-]. The molecule has 0 aliphatic heterocycles. The molecule has 0 aliphatic rings. The zero-order chi connectivity index (χ0) is 13.6. The largest absolute Gasteiger partial charge is 0.634 e. The molecule has 0 fully saturated rings. The van der Waals surface area contributed by atoms with Crippen LogP contribution in [0.5, 0.6) is 0 Å². The van der Waals surface area contributed by atoms with Crippen LogP contribution in [0.1, 0.15) is 90.9 Å². The van der Waals surface area contributed by atoms with Crippen molar-refractivity contribution in [2.75, 3.05) is 7.05 Å². The van der Waals surface area contributed by atoms with Crippen LogP contribution in [0.15, 0.2) is 0 Å². The molecule has 0 saturated carbocycles. The average molecular weight is 257 g/mol. The fraction of sp³-hybridized carbons (Fsp3) is 1.00. The van der Waals surface area contributed by atoms with Crippen LogP contribution in [0, 0.1) is 5.21 Å². The predicted octanol–water partition coefficient (Wildman–Crippen LogP) is 4.09. The van der Waals surface area contributed by atoms with E-state index < -0.39 is 0 Å². The normalized spacial score (nSPS) is 14.7. The molecule has 0 rings (SSSR count). The van der Waals surface area contributed by atoms with Gasteiger partial charge in [-0.25, -0.2) is 0 Å². The van der Waals surface area contributed by atoms with Gasteiger partial charge in [0.15, 0.2) is 0 Å². The van der Waals surface area contributed by atoms with Gasteiger partial charge in [-0.1, -0.05) is 71.1 Å². The van der Waals surface area contributed by atoms with Crippen molar-refractivity contribution in [1.82, 2.24) is 0 Å². The smallest absolute Gasteiger partial charge is 0.0841 e. The van der Waals surface area contributed by atoms with E-state index in [1.807, 2.05) is 0 Å². The first-order chi connectivity index (χ1) is 8.68. The minimum absolute atomic E-state index is 0.281. The molecule has 2 unspecified atom stereocenters. The van der Waals surface area contributed by atoms with Crippen LogP contribution in [0.4, 0.5) is 0 Å². The van der Waals surface area contributed by atoms with Crippen molar-refractivity contribution >= 4 is 0 Å². The molecule has 2 nitrogen and oxygen atoms in total. The van der Waals surface area contributed by atoms with Gasteiger partial charge in [0.25, 0.3) is 0 Å². The van der Waals surface area contributed by atoms with Crippen molar-refractivity contribution < 1.29 is 5.06 Å². The third-order valence-corrected chi connectivity index (χ3v) is 3.93. The number of nitrogens with one attached hydrogen (secondary N) is 1. The third kappa shape index (κ3) is 12.4. The molecule has 2 atom stereocenters. The number of quaternary nitrogens is 1. The predicted molar refractivity (Wildman–Crippen MR) is 80.8 cm³/mol. The lowest BCUT2D eigenvalue weighted by Crippen LogP contribution is -3.07. The zero-order valence-corrected chi connectivity index (χ0v) is 13.0. The van der Waals surface area contributed by atoms with E-state index in [0.717, 1.165) is 6.42 Å². The van der Waals surface area contributed by atoms with E-state index >= 15 is 0 Å². The maximum absolute atomic E-state index is 11.1. The van der Waals surface area contributed by atoms with Crippen LogP contribution in [0.2, 0.25) is 0 Å². The van der Waals surface area contributed by atoms with Gasteiger partial charge < -0.3 is 10.3 Å². The van der Waals surface area contributed by atoms with Crippen LogP contribution in [0.3, 0.4) is 0 Å². The molecule has 0 aromatic carbocycles. The Labute approximate surface area is 115 Å². The molecular formula is C16H35NO. The molecule has 0 aliphatic carbocycles. The highest BCUT2D eigenvalue weighted by Crippen LogP contribution is 2.12. The highest BCUT2D eigenvalue weighted by atomic mass is 16.5. The molecule has 110 valence electrons. The van der Waals surface area contributed by atoms with E-state index in [2.05, 4.69) is 13.8 Å². The third-order valence-electron chi connectivity index (χ3n) is 3.93. The molecule has 0 bridgehead atoms. The van der Waals surface area contributed by atoms with Crippen LogP contribution in [-0.4, -0.2) is 13.1 Å². The highest BCUT2D eigenvalue weighted by Gasteiger charge is 2.03. The molecule has 2 heteroatoms. The molecule has 18 heavy (non-hydrogen) atoms. The number of rotatable bonds is 13. The summed E-state index contributed by atoms with van der Waals surface area (Å²) < 4.78 is 0. The van der Waals surface area contributed by atoms with E-state index in [0.29, 0.717) is 5.06 Å². The molecule has 0 amide bonds. The Balaban J connectivity index is 3.03. The molecule has 0 aromatic heterocycles. The van der Waals surface area contributed by atoms with Crippen molar-refractivity contribution in [1.29, 1.82) is 0 Å². The minimum atomic E-state index is 0.281. The fourth-order valence-electron chi connectivity index (χ4n) is 2.32. The Bertz CT molecular complexity index is 159. The van der Waals surface area contributed by atoms with Crippen molar-refractivity contribution in [2.45, 2.75) is 96.9 Å². The van der Waals surface area contributed by atoms with Gasteiger partial charge in [-0.2, -0.15) is 0 Å². The summed E-state index contributed by atoms with van der Waals surface area (Å²) in [6, 6.07) is 0.281. The molecule has 0 spiro atoms. The van der Waals surface area contributed by atoms with Gasteiger partial charge in [-0.3, -0.25) is 0 Å². The standard InChI is InChI=1S/C16H35NO/c1-4-5-6-7-8-9-10-11-12-13-14-15-16(2)17(3)18/h16-17H,4-15H2,1-3H3. The van der Waals surface area contributed by atoms with Gasteiger partial charge >= 0.3 is 0 Å². The lowest BCUT2D eigenvalue weighted by atomic mass is 10.0. The van der Waals surface area contributed by atoms with Crippen LogP contribution in [0.25, 0.3) is 0 Å². The second-order valence-corrected chi connectivity index (χ2v) is 5.84. The van der Waals surface area contributed by atoms with E-state index in [1.165, 1.54) is 70.6 Å². The first-order valence-corrected chi connectivity index (χ1v) is 8.19. The summed E-state index contributed by atoms with van der Waals surface area (Å²) in [5.41, 5.74) is 0. The maximum Gasteiger partial charge on any atom is 0.0841 e. The molecule has 1 N–H and O–H groups in total. The molecular weight excluding hydrogens is 222 g/mol. The average Bonchev–Trinajstić information content (AvgIpc) is 2.35. The fourth-order valence-corrected chi connectivity index (χ4v) is 2.32. The van der Waals surface area contributed by atoms with Gasteiger partial charge in [0.05, 0.1) is 13.1 Å². The Morgan fingerprint density at radius 2 is 1.17 bits per heavy atom. The molecule has 0 radical (unpaired) electrons. The number of hydrogen-bond acceptors (Lipinski definition) is 1. The maximum atomic E-state index is 11.1. The van der Waals surface area contributed by atoms with Gasteiger partial charge in [0, 0.05) is 0 Å². The second-order valence-electron chi connectivity index (χ2n) is 5.84. The van der Waals surface area contributed by atoms with Crippen LogP contribution in [-0.2, 0) is 0 Å². The first kappa shape index (κ1) is 17.9. The van der Waals surface area contributed by atoms with E-state index in [4.69, 9.17) is 0 Å². The summed E-state index contributed by atoms with van der Waals surface area (Å²) in [6.45, 7) is 4.33. The lowest BCUT2D eigenvalue weighted by molar-refractivity contribution is -0.852. The summed E-state index contributed by atoms with van der Waals surface area (Å²) in [6.07, 6.45) is 16.3. The second kappa shape index (κ2) is 13.4. The number of hydroxylamine groups is 2. The van der Waals surface area contributed by atoms with Crippen LogP contribution >= 0.6 is 0 Å². The van der Waals surface area contributed by atoms with Crippen molar-refractivity contribution in [2.24, 2.45) is 0 Å². The zero-order valence-electron chi connectivity index (χ0n) is 13.0. The summed E-state index contributed by atoms with van der Waals surface area (Å²) in [5, 5.41) is 11.4. The Morgan fingerprint density at radius 3 is 1.56 bits per heavy atom. The Morgan fingerprint density at radius 1 is 0.778 bits per heavy atom. The van der Waals surface area contributed by atoms with E-state index in [-0.39, 0.29) is 6.04 Å². The van der Waals surface area contributed by atoms with E-state index in [1.54, 1.807) is 7.05 Å². The quantitative estimate of drug-likeness (QED) is 0.390. The number of unbranched alkanes of at least 4 members (excludes halogenated alkanes) is 10. The van der Waals surface area contributed by atoms with Gasteiger partial charge in [-0.05, 0) is 19.8 Å². The Hall–Kier alpha value is -0.0800. The molecule has 0 heterocycles. The summed E-state index contributed by atoms with van der Waals surface area (Å²) in [4.78, 5) is 0. The van der Waals surface area contributed by atoms with Crippen molar-refractivity contribution in [3.63, 3.8) is 0 Å². The summed E-state index contributed by atoms with van der Waals surface area (Å²) >= 11 is 0. The minimum Gasteiger partial charge on any atom is -0.634 e. The molecule has 0 aromatic rings. The van der Waals surface area contributed by atoms with Gasteiger partial charge in [-0.15, -0.1) is 0 Å². The van der Waals surface area contributed by atoms with Crippen LogP contribution < -0.4 is 5.06 Å². The molecule has 0 saturated heterocycles. The lowest BCUT2D eigenvalue weighted by Gasteiger charge is -2.24.